The largest absolute Gasteiger partial charge is 0.349 e. The van der Waals surface area contributed by atoms with Gasteiger partial charge in [-0.2, -0.15) is 16.9 Å². The van der Waals surface area contributed by atoms with E-state index in [4.69, 9.17) is 0 Å². The van der Waals surface area contributed by atoms with E-state index in [1.165, 1.54) is 18.6 Å². The number of carbonyl (C=O) groups is 1. The predicted octanol–water partition coefficient (Wildman–Crippen LogP) is 1.07. The molecule has 0 spiro atoms. The Morgan fingerprint density at radius 3 is 3.26 bits per heavy atom. The van der Waals surface area contributed by atoms with Crippen LogP contribution in [0, 0.1) is 0 Å². The molecule has 0 aliphatic carbocycles. The molecule has 0 bridgehead atoms. The lowest BCUT2D eigenvalue weighted by Crippen LogP contribution is -2.37. The molecule has 1 fully saturated rings. The fourth-order valence-corrected chi connectivity index (χ4v) is 3.98. The summed E-state index contributed by atoms with van der Waals surface area (Å²) in [6.07, 6.45) is 3.35. The third-order valence-electron chi connectivity index (χ3n) is 3.94. The quantitative estimate of drug-likeness (QED) is 0.774. The second kappa shape index (κ2) is 5.17. The van der Waals surface area contributed by atoms with Crippen molar-refractivity contribution in [1.29, 1.82) is 0 Å². The van der Waals surface area contributed by atoms with Crippen molar-refractivity contribution in [2.24, 2.45) is 0 Å². The molecule has 6 heteroatoms. The number of nitrogens with zero attached hydrogens (tertiary/aromatic N) is 1. The van der Waals surface area contributed by atoms with E-state index in [-0.39, 0.29) is 10.7 Å². The molecule has 0 radical (unpaired) electrons. The van der Waals surface area contributed by atoms with Crippen LogP contribution in [0.4, 0.5) is 0 Å². The number of thioether (sulfide) groups is 1. The number of carbonyl (C=O) groups excluding carboxylic acids is 1. The van der Waals surface area contributed by atoms with Crippen molar-refractivity contribution in [2.75, 3.05) is 18.8 Å². The van der Waals surface area contributed by atoms with Crippen LogP contribution in [-0.4, -0.2) is 39.7 Å². The van der Waals surface area contributed by atoms with Gasteiger partial charge in [0.05, 0.1) is 0 Å². The first-order valence-electron chi connectivity index (χ1n) is 6.87. The van der Waals surface area contributed by atoms with Gasteiger partial charge in [-0.3, -0.25) is 9.89 Å². The molecule has 104 valence electrons. The lowest BCUT2D eigenvalue weighted by molar-refractivity contribution is 0.0943. The van der Waals surface area contributed by atoms with E-state index < -0.39 is 0 Å². The average Bonchev–Trinajstić information content (AvgIpc) is 3.03. The molecule has 2 aliphatic heterocycles. The SMILES string of the molecule is CC1(CNC(=O)c2n[nH]c3c2CNCC3)CCCS1. The molecular formula is C13H20N4OS. The third-order valence-corrected chi connectivity index (χ3v) is 5.48. The Labute approximate surface area is 117 Å². The fraction of sp³-hybridized carbons (Fsp3) is 0.692. The molecule has 19 heavy (non-hydrogen) atoms. The van der Waals surface area contributed by atoms with E-state index in [2.05, 4.69) is 27.8 Å². The minimum absolute atomic E-state index is 0.0464. The second-order valence-corrected chi connectivity index (χ2v) is 7.22. The number of fused-ring (bicyclic) bond motifs is 1. The van der Waals surface area contributed by atoms with Gasteiger partial charge in [-0.25, -0.2) is 0 Å². The molecule has 1 aromatic heterocycles. The molecule has 3 heterocycles. The lowest BCUT2D eigenvalue weighted by Gasteiger charge is -2.22. The van der Waals surface area contributed by atoms with Gasteiger partial charge in [0.25, 0.3) is 5.91 Å². The van der Waals surface area contributed by atoms with Crippen molar-refractivity contribution in [1.82, 2.24) is 20.8 Å². The maximum absolute atomic E-state index is 12.2. The summed E-state index contributed by atoms with van der Waals surface area (Å²) in [4.78, 5) is 12.2. The number of rotatable bonds is 3. The highest BCUT2D eigenvalue weighted by Crippen LogP contribution is 2.37. The van der Waals surface area contributed by atoms with Gasteiger partial charge in [-0.15, -0.1) is 0 Å². The Bertz CT molecular complexity index is 479. The fourth-order valence-electron chi connectivity index (χ4n) is 2.74. The van der Waals surface area contributed by atoms with E-state index in [0.717, 1.165) is 37.3 Å². The van der Waals surface area contributed by atoms with Crippen LogP contribution in [0.1, 0.15) is 41.5 Å². The van der Waals surface area contributed by atoms with Gasteiger partial charge in [0, 0.05) is 42.1 Å². The molecule has 1 aromatic rings. The molecule has 1 unspecified atom stereocenters. The van der Waals surface area contributed by atoms with Gasteiger partial charge in [-0.05, 0) is 25.5 Å². The van der Waals surface area contributed by atoms with Crippen molar-refractivity contribution in [3.8, 4) is 0 Å². The Morgan fingerprint density at radius 1 is 1.58 bits per heavy atom. The number of aromatic nitrogens is 2. The molecule has 1 amide bonds. The normalized spacial score (nSPS) is 26.2. The predicted molar refractivity (Wildman–Crippen MR) is 76.4 cm³/mol. The summed E-state index contributed by atoms with van der Waals surface area (Å²) < 4.78 is 0.199. The van der Waals surface area contributed by atoms with Crippen molar-refractivity contribution in [2.45, 2.75) is 37.5 Å². The number of H-pyrrole nitrogens is 1. The molecule has 2 aliphatic rings. The van der Waals surface area contributed by atoms with Crippen LogP contribution in [0.5, 0.6) is 0 Å². The van der Waals surface area contributed by atoms with Gasteiger partial charge in [0.15, 0.2) is 5.69 Å². The van der Waals surface area contributed by atoms with Crippen molar-refractivity contribution in [3.63, 3.8) is 0 Å². The van der Waals surface area contributed by atoms with Crippen LogP contribution in [-0.2, 0) is 13.0 Å². The van der Waals surface area contributed by atoms with E-state index in [0.29, 0.717) is 5.69 Å². The Morgan fingerprint density at radius 2 is 2.47 bits per heavy atom. The molecular weight excluding hydrogens is 260 g/mol. The molecule has 3 rings (SSSR count). The number of hydrogen-bond donors (Lipinski definition) is 3. The van der Waals surface area contributed by atoms with Gasteiger partial charge >= 0.3 is 0 Å². The first-order valence-corrected chi connectivity index (χ1v) is 7.85. The number of hydrogen-bond acceptors (Lipinski definition) is 4. The summed E-state index contributed by atoms with van der Waals surface area (Å²) in [5.41, 5.74) is 2.70. The highest BCUT2D eigenvalue weighted by molar-refractivity contribution is 8.00. The first-order chi connectivity index (χ1) is 9.18. The Hall–Kier alpha value is -1.01. The van der Waals surface area contributed by atoms with E-state index in [1.807, 2.05) is 11.8 Å². The van der Waals surface area contributed by atoms with E-state index >= 15 is 0 Å². The topological polar surface area (TPSA) is 69.8 Å². The summed E-state index contributed by atoms with van der Waals surface area (Å²) in [6.45, 7) is 4.64. The number of nitrogens with one attached hydrogen (secondary N) is 3. The number of amides is 1. The van der Waals surface area contributed by atoms with Gasteiger partial charge in [0.2, 0.25) is 0 Å². The van der Waals surface area contributed by atoms with Crippen LogP contribution in [0.2, 0.25) is 0 Å². The zero-order chi connectivity index (χ0) is 13.3. The molecule has 1 atom stereocenters. The maximum atomic E-state index is 12.2. The van der Waals surface area contributed by atoms with Gasteiger partial charge < -0.3 is 10.6 Å². The molecule has 0 saturated carbocycles. The van der Waals surface area contributed by atoms with E-state index in [1.54, 1.807) is 0 Å². The summed E-state index contributed by atoms with van der Waals surface area (Å²) in [7, 11) is 0. The summed E-state index contributed by atoms with van der Waals surface area (Å²) in [5, 5.41) is 13.5. The van der Waals surface area contributed by atoms with Crippen molar-refractivity contribution >= 4 is 17.7 Å². The van der Waals surface area contributed by atoms with Crippen LogP contribution in [0.15, 0.2) is 0 Å². The first kappa shape index (κ1) is 13.0. The standard InChI is InChI=1S/C13H20N4OS/c1-13(4-2-6-19-13)8-15-12(18)11-9-7-14-5-3-10(9)16-17-11/h14H,2-8H2,1H3,(H,15,18)(H,16,17). The minimum Gasteiger partial charge on any atom is -0.349 e. The van der Waals surface area contributed by atoms with Crippen molar-refractivity contribution < 1.29 is 4.79 Å². The summed E-state index contributed by atoms with van der Waals surface area (Å²) in [5.74, 6) is 1.16. The Balaban J connectivity index is 1.65. The third kappa shape index (κ3) is 2.65. The Kier molecular flexibility index (Phi) is 3.54. The van der Waals surface area contributed by atoms with Crippen molar-refractivity contribution in [3.05, 3.63) is 17.0 Å². The highest BCUT2D eigenvalue weighted by atomic mass is 32.2. The maximum Gasteiger partial charge on any atom is 0.272 e. The summed E-state index contributed by atoms with van der Waals surface area (Å²) in [6, 6.07) is 0. The van der Waals surface area contributed by atoms with Crippen LogP contribution in [0.3, 0.4) is 0 Å². The zero-order valence-corrected chi connectivity index (χ0v) is 12.0. The second-order valence-electron chi connectivity index (χ2n) is 5.54. The van der Waals surface area contributed by atoms with Crippen LogP contribution >= 0.6 is 11.8 Å². The van der Waals surface area contributed by atoms with Crippen LogP contribution in [0.25, 0.3) is 0 Å². The van der Waals surface area contributed by atoms with Gasteiger partial charge in [0.1, 0.15) is 0 Å². The smallest absolute Gasteiger partial charge is 0.272 e. The number of aromatic amines is 1. The zero-order valence-electron chi connectivity index (χ0n) is 11.2. The minimum atomic E-state index is -0.0464. The lowest BCUT2D eigenvalue weighted by atomic mass is 10.0. The molecule has 3 N–H and O–H groups in total. The van der Waals surface area contributed by atoms with Crippen LogP contribution < -0.4 is 10.6 Å². The summed E-state index contributed by atoms with van der Waals surface area (Å²) >= 11 is 1.96. The van der Waals surface area contributed by atoms with Gasteiger partial charge in [-0.1, -0.05) is 0 Å². The highest BCUT2D eigenvalue weighted by Gasteiger charge is 2.30. The molecule has 1 saturated heterocycles. The average molecular weight is 280 g/mol. The monoisotopic (exact) mass is 280 g/mol. The van der Waals surface area contributed by atoms with E-state index in [9.17, 15) is 4.79 Å². The molecule has 5 nitrogen and oxygen atoms in total. The molecule has 0 aromatic carbocycles.